The van der Waals surface area contributed by atoms with Crippen molar-refractivity contribution in [1.82, 2.24) is 14.8 Å². The van der Waals surface area contributed by atoms with Gasteiger partial charge < -0.3 is 5.11 Å². The SMILES string of the molecule is OCCn1ncc(-c2ccc3c(c2)CCC3)c1-c1ccncc1. The minimum absolute atomic E-state index is 0.0728. The van der Waals surface area contributed by atoms with Gasteiger partial charge in [0.05, 0.1) is 25.0 Å². The predicted molar refractivity (Wildman–Crippen MR) is 90.0 cm³/mol. The average molecular weight is 305 g/mol. The summed E-state index contributed by atoms with van der Waals surface area (Å²) in [6.07, 6.45) is 9.09. The minimum Gasteiger partial charge on any atom is -0.394 e. The van der Waals surface area contributed by atoms with E-state index in [0.29, 0.717) is 6.54 Å². The smallest absolute Gasteiger partial charge is 0.0762 e. The van der Waals surface area contributed by atoms with Crippen molar-refractivity contribution in [2.24, 2.45) is 0 Å². The van der Waals surface area contributed by atoms with Gasteiger partial charge in [-0.15, -0.1) is 0 Å². The highest BCUT2D eigenvalue weighted by atomic mass is 16.3. The number of aryl methyl sites for hydroxylation is 2. The number of pyridine rings is 1. The van der Waals surface area contributed by atoms with Gasteiger partial charge in [-0.25, -0.2) is 0 Å². The van der Waals surface area contributed by atoms with E-state index in [2.05, 4.69) is 28.3 Å². The van der Waals surface area contributed by atoms with Crippen LogP contribution in [0.2, 0.25) is 0 Å². The summed E-state index contributed by atoms with van der Waals surface area (Å²) in [5.41, 5.74) is 7.35. The number of fused-ring (bicyclic) bond motifs is 1. The maximum Gasteiger partial charge on any atom is 0.0762 e. The lowest BCUT2D eigenvalue weighted by atomic mass is 9.98. The number of aliphatic hydroxyl groups excluding tert-OH is 1. The lowest BCUT2D eigenvalue weighted by molar-refractivity contribution is 0.270. The van der Waals surface area contributed by atoms with Crippen molar-refractivity contribution in [3.63, 3.8) is 0 Å². The van der Waals surface area contributed by atoms with E-state index in [1.165, 1.54) is 36.0 Å². The van der Waals surface area contributed by atoms with Crippen LogP contribution in [-0.2, 0) is 19.4 Å². The van der Waals surface area contributed by atoms with Crippen LogP contribution in [0.15, 0.2) is 48.9 Å². The van der Waals surface area contributed by atoms with Crippen LogP contribution >= 0.6 is 0 Å². The standard InChI is InChI=1S/C19H19N3O/c23-11-10-22-19(15-6-8-20-9-7-15)18(13-21-22)17-5-4-14-2-1-3-16(14)12-17/h4-9,12-13,23H,1-3,10-11H2. The molecule has 0 radical (unpaired) electrons. The Morgan fingerprint density at radius 3 is 2.65 bits per heavy atom. The second kappa shape index (κ2) is 5.97. The fraction of sp³-hybridized carbons (Fsp3) is 0.263. The van der Waals surface area contributed by atoms with Crippen molar-refractivity contribution < 1.29 is 5.11 Å². The molecule has 0 fully saturated rings. The van der Waals surface area contributed by atoms with E-state index in [1.54, 1.807) is 12.4 Å². The second-order valence-electron chi connectivity index (χ2n) is 5.93. The molecule has 23 heavy (non-hydrogen) atoms. The fourth-order valence-corrected chi connectivity index (χ4v) is 3.41. The molecule has 0 spiro atoms. The lowest BCUT2D eigenvalue weighted by Gasteiger charge is -2.10. The van der Waals surface area contributed by atoms with Crippen molar-refractivity contribution >= 4 is 0 Å². The molecule has 1 aliphatic rings. The summed E-state index contributed by atoms with van der Waals surface area (Å²) < 4.78 is 1.87. The number of aliphatic hydroxyl groups is 1. The Morgan fingerprint density at radius 1 is 1.00 bits per heavy atom. The van der Waals surface area contributed by atoms with Crippen LogP contribution in [0.25, 0.3) is 22.4 Å². The molecule has 2 aromatic heterocycles. The number of hydrogen-bond donors (Lipinski definition) is 1. The highest BCUT2D eigenvalue weighted by Crippen LogP contribution is 2.34. The third-order valence-electron chi connectivity index (χ3n) is 4.51. The zero-order valence-corrected chi connectivity index (χ0v) is 12.9. The highest BCUT2D eigenvalue weighted by Gasteiger charge is 2.17. The highest BCUT2D eigenvalue weighted by molar-refractivity contribution is 5.81. The zero-order valence-electron chi connectivity index (χ0n) is 12.9. The van der Waals surface area contributed by atoms with Crippen molar-refractivity contribution in [3.05, 3.63) is 60.0 Å². The quantitative estimate of drug-likeness (QED) is 0.806. The zero-order chi connectivity index (χ0) is 15.6. The molecule has 0 amide bonds. The molecule has 1 aromatic carbocycles. The van der Waals surface area contributed by atoms with Crippen LogP contribution in [0, 0.1) is 0 Å². The van der Waals surface area contributed by atoms with Crippen molar-refractivity contribution in [2.75, 3.05) is 6.61 Å². The first-order chi connectivity index (χ1) is 11.4. The van der Waals surface area contributed by atoms with Gasteiger partial charge in [-0.3, -0.25) is 9.67 Å². The Morgan fingerprint density at radius 2 is 1.83 bits per heavy atom. The van der Waals surface area contributed by atoms with Gasteiger partial charge in [-0.2, -0.15) is 5.10 Å². The summed E-state index contributed by atoms with van der Waals surface area (Å²) in [5.74, 6) is 0. The molecule has 4 nitrogen and oxygen atoms in total. The van der Waals surface area contributed by atoms with Gasteiger partial charge in [0, 0.05) is 23.5 Å². The minimum atomic E-state index is 0.0728. The Hall–Kier alpha value is -2.46. The first kappa shape index (κ1) is 14.2. The van der Waals surface area contributed by atoms with Crippen LogP contribution in [0.1, 0.15) is 17.5 Å². The molecule has 1 N–H and O–H groups in total. The number of nitrogens with zero attached hydrogens (tertiary/aromatic N) is 3. The van der Waals surface area contributed by atoms with E-state index < -0.39 is 0 Å². The first-order valence-electron chi connectivity index (χ1n) is 8.06. The molecular weight excluding hydrogens is 286 g/mol. The van der Waals surface area contributed by atoms with E-state index in [4.69, 9.17) is 0 Å². The Kier molecular flexibility index (Phi) is 3.67. The van der Waals surface area contributed by atoms with Crippen LogP contribution in [0.4, 0.5) is 0 Å². The first-order valence-corrected chi connectivity index (χ1v) is 8.06. The molecule has 1 aliphatic carbocycles. The Bertz CT molecular complexity index is 824. The molecule has 0 bridgehead atoms. The van der Waals surface area contributed by atoms with Crippen LogP contribution in [0.5, 0.6) is 0 Å². The van der Waals surface area contributed by atoms with Gasteiger partial charge in [0.15, 0.2) is 0 Å². The third-order valence-corrected chi connectivity index (χ3v) is 4.51. The predicted octanol–water partition coefficient (Wildman–Crippen LogP) is 3.09. The Labute approximate surface area is 135 Å². The molecular formula is C19H19N3O. The van der Waals surface area contributed by atoms with Crippen LogP contribution in [0.3, 0.4) is 0 Å². The van der Waals surface area contributed by atoms with Crippen molar-refractivity contribution in [3.8, 4) is 22.4 Å². The van der Waals surface area contributed by atoms with Crippen LogP contribution < -0.4 is 0 Å². The molecule has 4 rings (SSSR count). The van der Waals surface area contributed by atoms with Crippen LogP contribution in [-0.4, -0.2) is 26.5 Å². The summed E-state index contributed by atoms with van der Waals surface area (Å²) in [5, 5.41) is 13.8. The second-order valence-corrected chi connectivity index (χ2v) is 5.93. The molecule has 2 heterocycles. The average Bonchev–Trinajstić information content (AvgIpc) is 3.22. The van der Waals surface area contributed by atoms with Crippen molar-refractivity contribution in [2.45, 2.75) is 25.8 Å². The number of rotatable bonds is 4. The van der Waals surface area contributed by atoms with Gasteiger partial charge in [0.2, 0.25) is 0 Å². The lowest BCUT2D eigenvalue weighted by Crippen LogP contribution is -2.05. The molecule has 0 saturated heterocycles. The summed E-state index contributed by atoms with van der Waals surface area (Å²) in [6, 6.07) is 10.7. The number of aromatic nitrogens is 3. The van der Waals surface area contributed by atoms with Gasteiger partial charge in [0.25, 0.3) is 0 Å². The summed E-state index contributed by atoms with van der Waals surface area (Å²) in [7, 11) is 0. The maximum absolute atomic E-state index is 9.32. The van der Waals surface area contributed by atoms with E-state index in [9.17, 15) is 5.11 Å². The summed E-state index contributed by atoms with van der Waals surface area (Å²) >= 11 is 0. The molecule has 4 heteroatoms. The Balaban J connectivity index is 1.86. The molecule has 0 saturated carbocycles. The molecule has 0 unspecified atom stereocenters. The number of hydrogen-bond acceptors (Lipinski definition) is 3. The number of benzene rings is 1. The van der Waals surface area contributed by atoms with E-state index >= 15 is 0 Å². The fourth-order valence-electron chi connectivity index (χ4n) is 3.41. The van der Waals surface area contributed by atoms with Gasteiger partial charge in [-0.05, 0) is 48.1 Å². The van der Waals surface area contributed by atoms with Gasteiger partial charge in [-0.1, -0.05) is 18.2 Å². The maximum atomic E-state index is 9.32. The molecule has 0 aliphatic heterocycles. The summed E-state index contributed by atoms with van der Waals surface area (Å²) in [4.78, 5) is 4.10. The third kappa shape index (κ3) is 2.55. The van der Waals surface area contributed by atoms with E-state index in [-0.39, 0.29) is 6.61 Å². The van der Waals surface area contributed by atoms with E-state index in [0.717, 1.165) is 16.8 Å². The monoisotopic (exact) mass is 305 g/mol. The van der Waals surface area contributed by atoms with Crippen molar-refractivity contribution in [1.29, 1.82) is 0 Å². The largest absolute Gasteiger partial charge is 0.394 e. The van der Waals surface area contributed by atoms with Gasteiger partial charge in [0.1, 0.15) is 0 Å². The normalized spacial score (nSPS) is 13.3. The van der Waals surface area contributed by atoms with Gasteiger partial charge >= 0.3 is 0 Å². The summed E-state index contributed by atoms with van der Waals surface area (Å²) in [6.45, 7) is 0.561. The molecule has 0 atom stereocenters. The van der Waals surface area contributed by atoms with E-state index in [1.807, 2.05) is 23.0 Å². The topological polar surface area (TPSA) is 50.9 Å². The molecule has 3 aromatic rings. The molecule has 116 valence electrons.